The number of morpholine rings is 1. The van der Waals surface area contributed by atoms with E-state index in [-0.39, 0.29) is 12.6 Å². The third-order valence-corrected chi connectivity index (χ3v) is 2.87. The van der Waals surface area contributed by atoms with Crippen molar-refractivity contribution in [3.8, 4) is 0 Å². The van der Waals surface area contributed by atoms with Crippen LogP contribution in [-0.4, -0.2) is 52.2 Å². The molecule has 1 saturated heterocycles. The Bertz CT molecular complexity index is 251. The summed E-state index contributed by atoms with van der Waals surface area (Å²) >= 11 is 0. The highest BCUT2D eigenvalue weighted by atomic mass is 32.2. The summed E-state index contributed by atoms with van der Waals surface area (Å²) in [5, 5.41) is 4.97. The van der Waals surface area contributed by atoms with Crippen LogP contribution in [0.2, 0.25) is 0 Å². The zero-order chi connectivity index (χ0) is 9.90. The molecule has 0 aliphatic carbocycles. The van der Waals surface area contributed by atoms with Crippen molar-refractivity contribution >= 4 is 10.2 Å². The summed E-state index contributed by atoms with van der Waals surface area (Å²) in [6, 6.07) is 0. The summed E-state index contributed by atoms with van der Waals surface area (Å²) in [7, 11) is -2.04. The lowest BCUT2D eigenvalue weighted by Crippen LogP contribution is -2.49. The summed E-state index contributed by atoms with van der Waals surface area (Å²) < 4.78 is 33.2. The Balaban J connectivity index is 2.52. The van der Waals surface area contributed by atoms with E-state index >= 15 is 0 Å². The van der Waals surface area contributed by atoms with E-state index in [2.05, 4.69) is 0 Å². The van der Waals surface area contributed by atoms with Crippen LogP contribution in [0.25, 0.3) is 0 Å². The Morgan fingerprint density at radius 1 is 1.69 bits per heavy atom. The maximum Gasteiger partial charge on any atom is 0.277 e. The highest BCUT2D eigenvalue weighted by Crippen LogP contribution is 2.07. The first-order chi connectivity index (χ1) is 6.04. The molecule has 1 aliphatic rings. The van der Waals surface area contributed by atoms with Crippen LogP contribution in [0.4, 0.5) is 0 Å². The molecule has 0 aromatic rings. The predicted octanol–water partition coefficient (Wildman–Crippen LogP) is -1.46. The van der Waals surface area contributed by atoms with Gasteiger partial charge in [0, 0.05) is 20.2 Å². The molecular weight excluding hydrogens is 196 g/mol. The number of methoxy groups -OCH3 is 1. The first-order valence-corrected chi connectivity index (χ1v) is 5.43. The molecule has 1 fully saturated rings. The summed E-state index contributed by atoms with van der Waals surface area (Å²) in [6.07, 6.45) is -0.211. The molecule has 0 amide bonds. The lowest BCUT2D eigenvalue weighted by molar-refractivity contribution is -0.0406. The second-order valence-corrected chi connectivity index (χ2v) is 4.40. The lowest BCUT2D eigenvalue weighted by atomic mass is 10.3. The molecule has 0 aromatic carbocycles. The van der Waals surface area contributed by atoms with Crippen LogP contribution < -0.4 is 5.14 Å². The largest absolute Gasteiger partial charge is 0.382 e. The van der Waals surface area contributed by atoms with Gasteiger partial charge in [-0.1, -0.05) is 0 Å². The normalized spacial score (nSPS) is 26.2. The molecule has 0 saturated carbocycles. The smallest absolute Gasteiger partial charge is 0.277 e. The summed E-state index contributed by atoms with van der Waals surface area (Å²) in [5.41, 5.74) is 0. The van der Waals surface area contributed by atoms with Crippen molar-refractivity contribution in [1.82, 2.24) is 4.31 Å². The number of hydrogen-bond donors (Lipinski definition) is 1. The van der Waals surface area contributed by atoms with E-state index in [1.165, 1.54) is 4.31 Å². The van der Waals surface area contributed by atoms with Crippen LogP contribution in [0, 0.1) is 0 Å². The average molecular weight is 210 g/mol. The van der Waals surface area contributed by atoms with Gasteiger partial charge in [-0.15, -0.1) is 0 Å². The van der Waals surface area contributed by atoms with E-state index in [0.29, 0.717) is 19.8 Å². The molecule has 13 heavy (non-hydrogen) atoms. The first kappa shape index (κ1) is 10.9. The molecule has 1 heterocycles. The maximum absolute atomic E-state index is 10.9. The standard InChI is InChI=1S/C6H14N2O4S/c1-11-5-6-4-8(2-3-12-6)13(7,9)10/h6H,2-5H2,1H3,(H2,7,9,10). The van der Waals surface area contributed by atoms with E-state index in [0.717, 1.165) is 0 Å². The Labute approximate surface area is 77.8 Å². The van der Waals surface area contributed by atoms with Crippen molar-refractivity contribution in [2.75, 3.05) is 33.4 Å². The van der Waals surface area contributed by atoms with E-state index in [4.69, 9.17) is 14.6 Å². The maximum atomic E-state index is 10.9. The van der Waals surface area contributed by atoms with Gasteiger partial charge in [0.25, 0.3) is 10.2 Å². The Morgan fingerprint density at radius 2 is 2.38 bits per heavy atom. The minimum Gasteiger partial charge on any atom is -0.382 e. The molecule has 0 radical (unpaired) electrons. The Kier molecular flexibility index (Phi) is 3.63. The van der Waals surface area contributed by atoms with Gasteiger partial charge in [0.2, 0.25) is 0 Å². The number of nitrogens with two attached hydrogens (primary N) is 1. The molecule has 2 N–H and O–H groups in total. The molecular formula is C6H14N2O4S. The van der Waals surface area contributed by atoms with Crippen molar-refractivity contribution in [2.45, 2.75) is 6.10 Å². The molecule has 1 rings (SSSR count). The summed E-state index contributed by atoms with van der Waals surface area (Å²) in [4.78, 5) is 0. The van der Waals surface area contributed by atoms with E-state index in [1.807, 2.05) is 0 Å². The molecule has 1 unspecified atom stereocenters. The number of ether oxygens (including phenoxy) is 2. The monoisotopic (exact) mass is 210 g/mol. The van der Waals surface area contributed by atoms with Crippen molar-refractivity contribution in [3.63, 3.8) is 0 Å². The van der Waals surface area contributed by atoms with Gasteiger partial charge in [0.1, 0.15) is 0 Å². The van der Waals surface area contributed by atoms with Gasteiger partial charge in [-0.25, -0.2) is 5.14 Å². The van der Waals surface area contributed by atoms with E-state index < -0.39 is 10.2 Å². The molecule has 1 aliphatic heterocycles. The Hall–Kier alpha value is -0.210. The van der Waals surface area contributed by atoms with Crippen molar-refractivity contribution in [1.29, 1.82) is 0 Å². The third kappa shape index (κ3) is 3.20. The average Bonchev–Trinajstić information content (AvgIpc) is 2.04. The van der Waals surface area contributed by atoms with E-state index in [1.54, 1.807) is 7.11 Å². The van der Waals surface area contributed by atoms with Crippen molar-refractivity contribution in [3.05, 3.63) is 0 Å². The van der Waals surface area contributed by atoms with Crippen LogP contribution in [0.3, 0.4) is 0 Å². The fraction of sp³-hybridized carbons (Fsp3) is 1.00. The molecule has 1 atom stereocenters. The fourth-order valence-electron chi connectivity index (χ4n) is 1.21. The number of nitrogens with zero attached hydrogens (tertiary/aromatic N) is 1. The fourth-order valence-corrected chi connectivity index (χ4v) is 1.91. The zero-order valence-corrected chi connectivity index (χ0v) is 8.29. The van der Waals surface area contributed by atoms with Gasteiger partial charge in [0.15, 0.2) is 0 Å². The predicted molar refractivity (Wildman–Crippen MR) is 46.3 cm³/mol. The molecule has 7 heteroatoms. The van der Waals surface area contributed by atoms with Crippen molar-refractivity contribution < 1.29 is 17.9 Å². The Morgan fingerprint density at radius 3 is 2.92 bits per heavy atom. The zero-order valence-electron chi connectivity index (χ0n) is 7.47. The van der Waals surface area contributed by atoms with Gasteiger partial charge in [-0.05, 0) is 0 Å². The lowest BCUT2D eigenvalue weighted by Gasteiger charge is -2.30. The van der Waals surface area contributed by atoms with Gasteiger partial charge in [-0.3, -0.25) is 0 Å². The summed E-state index contributed by atoms with van der Waals surface area (Å²) in [5.74, 6) is 0. The van der Waals surface area contributed by atoms with Gasteiger partial charge >= 0.3 is 0 Å². The molecule has 0 aromatic heterocycles. The van der Waals surface area contributed by atoms with Crippen LogP contribution in [-0.2, 0) is 19.7 Å². The first-order valence-electron chi connectivity index (χ1n) is 3.92. The second-order valence-electron chi connectivity index (χ2n) is 2.85. The molecule has 6 nitrogen and oxygen atoms in total. The SMILES string of the molecule is COCC1CN(S(N)(=O)=O)CCO1. The summed E-state index contributed by atoms with van der Waals surface area (Å²) in [6.45, 7) is 1.34. The highest BCUT2D eigenvalue weighted by Gasteiger charge is 2.26. The van der Waals surface area contributed by atoms with Gasteiger partial charge in [0.05, 0.1) is 19.3 Å². The van der Waals surface area contributed by atoms with E-state index in [9.17, 15) is 8.42 Å². The topological polar surface area (TPSA) is 81.9 Å². The molecule has 78 valence electrons. The van der Waals surface area contributed by atoms with Gasteiger partial charge < -0.3 is 9.47 Å². The highest BCUT2D eigenvalue weighted by molar-refractivity contribution is 7.86. The number of rotatable bonds is 3. The molecule has 0 spiro atoms. The van der Waals surface area contributed by atoms with Crippen molar-refractivity contribution in [2.24, 2.45) is 5.14 Å². The van der Waals surface area contributed by atoms with Crippen LogP contribution in [0.15, 0.2) is 0 Å². The van der Waals surface area contributed by atoms with Crippen LogP contribution >= 0.6 is 0 Å². The minimum atomic E-state index is -3.58. The second kappa shape index (κ2) is 4.34. The van der Waals surface area contributed by atoms with Crippen LogP contribution in [0.5, 0.6) is 0 Å². The molecule has 0 bridgehead atoms. The minimum absolute atomic E-state index is 0.211. The number of hydrogen-bond acceptors (Lipinski definition) is 4. The quantitative estimate of drug-likeness (QED) is 0.617. The van der Waals surface area contributed by atoms with Crippen LogP contribution in [0.1, 0.15) is 0 Å². The van der Waals surface area contributed by atoms with Gasteiger partial charge in [-0.2, -0.15) is 12.7 Å². The third-order valence-electron chi connectivity index (χ3n) is 1.81.